The Kier molecular flexibility index (Phi) is 7.19. The first kappa shape index (κ1) is 21.8. The molecule has 3 N–H and O–H groups in total. The fraction of sp³-hybridized carbons (Fsp3) is 0.0417. The van der Waals surface area contributed by atoms with Gasteiger partial charge in [-0.05, 0) is 60.5 Å². The van der Waals surface area contributed by atoms with Gasteiger partial charge < -0.3 is 10.4 Å². The molecule has 156 valence electrons. The van der Waals surface area contributed by atoms with Crippen molar-refractivity contribution in [1.29, 1.82) is 0 Å². The number of amides is 2. The molecule has 31 heavy (non-hydrogen) atoms. The number of aromatic hydroxyl groups is 1. The van der Waals surface area contributed by atoms with E-state index in [-0.39, 0.29) is 11.7 Å². The number of hydrazone groups is 1. The van der Waals surface area contributed by atoms with Gasteiger partial charge in [0.05, 0.1) is 6.21 Å². The Hall–Kier alpha value is -3.90. The monoisotopic (exact) mass is 433 g/mol. The highest BCUT2D eigenvalue weighted by Crippen LogP contribution is 2.21. The number of anilines is 1. The second-order valence-corrected chi connectivity index (χ2v) is 7.03. The summed E-state index contributed by atoms with van der Waals surface area (Å²) in [6.45, 7) is 3.66. The van der Waals surface area contributed by atoms with E-state index in [0.717, 1.165) is 5.56 Å². The molecule has 0 radical (unpaired) electrons. The Morgan fingerprint density at radius 2 is 1.74 bits per heavy atom. The zero-order valence-electron chi connectivity index (χ0n) is 16.5. The lowest BCUT2D eigenvalue weighted by Gasteiger charge is -2.07. The minimum absolute atomic E-state index is 0.0974. The molecule has 0 heterocycles. The molecular weight excluding hydrogens is 414 g/mol. The van der Waals surface area contributed by atoms with E-state index in [1.807, 2.05) is 0 Å². The Morgan fingerprint density at radius 3 is 2.45 bits per heavy atom. The van der Waals surface area contributed by atoms with Crippen LogP contribution in [0, 0.1) is 0 Å². The number of benzene rings is 3. The van der Waals surface area contributed by atoms with Crippen LogP contribution in [0.15, 0.2) is 84.5 Å². The van der Waals surface area contributed by atoms with Crippen LogP contribution in [0.1, 0.15) is 31.8 Å². The van der Waals surface area contributed by atoms with E-state index < -0.39 is 5.91 Å². The van der Waals surface area contributed by atoms with Crippen LogP contribution < -0.4 is 10.7 Å². The Balaban J connectivity index is 1.60. The van der Waals surface area contributed by atoms with Crippen molar-refractivity contribution in [2.24, 2.45) is 5.10 Å². The maximum absolute atomic E-state index is 12.3. The van der Waals surface area contributed by atoms with Crippen molar-refractivity contribution < 1.29 is 14.7 Å². The van der Waals surface area contributed by atoms with E-state index in [0.29, 0.717) is 33.8 Å². The third-order valence-corrected chi connectivity index (χ3v) is 4.61. The van der Waals surface area contributed by atoms with Crippen molar-refractivity contribution >= 4 is 35.3 Å². The second-order valence-electron chi connectivity index (χ2n) is 6.59. The van der Waals surface area contributed by atoms with Gasteiger partial charge in [-0.1, -0.05) is 35.9 Å². The molecule has 0 saturated heterocycles. The fourth-order valence-corrected chi connectivity index (χ4v) is 2.99. The molecule has 3 aromatic carbocycles. The van der Waals surface area contributed by atoms with Gasteiger partial charge in [0.25, 0.3) is 11.8 Å². The molecule has 0 bridgehead atoms. The molecule has 2 amide bonds. The topological polar surface area (TPSA) is 90.8 Å². The van der Waals surface area contributed by atoms with Crippen LogP contribution in [0.25, 0.3) is 0 Å². The van der Waals surface area contributed by atoms with Crippen LogP contribution in [0.4, 0.5) is 5.69 Å². The number of carbonyl (C=O) groups is 2. The minimum atomic E-state index is -0.425. The number of para-hydroxylation sites is 1. The maximum atomic E-state index is 12.3. The smallest absolute Gasteiger partial charge is 0.271 e. The molecule has 0 spiro atoms. The van der Waals surface area contributed by atoms with Crippen molar-refractivity contribution in [3.8, 4) is 5.75 Å². The Bertz CT molecular complexity index is 1140. The van der Waals surface area contributed by atoms with Crippen LogP contribution in [0.3, 0.4) is 0 Å². The summed E-state index contributed by atoms with van der Waals surface area (Å²) in [5, 5.41) is 17.3. The molecule has 0 aliphatic carbocycles. The molecule has 0 unspecified atom stereocenters. The van der Waals surface area contributed by atoms with Gasteiger partial charge in [0.15, 0.2) is 0 Å². The lowest BCUT2D eigenvalue weighted by molar-refractivity contribution is 0.0954. The number of carbonyl (C=O) groups excluding carboxylic acids is 2. The van der Waals surface area contributed by atoms with Gasteiger partial charge >= 0.3 is 0 Å². The van der Waals surface area contributed by atoms with E-state index in [2.05, 4.69) is 22.4 Å². The second kappa shape index (κ2) is 10.2. The quantitative estimate of drug-likeness (QED) is 0.284. The van der Waals surface area contributed by atoms with E-state index in [1.165, 1.54) is 6.21 Å². The van der Waals surface area contributed by atoms with Gasteiger partial charge in [-0.25, -0.2) is 5.43 Å². The Labute approximate surface area is 184 Å². The van der Waals surface area contributed by atoms with Crippen molar-refractivity contribution in [3.05, 3.63) is 107 Å². The summed E-state index contributed by atoms with van der Waals surface area (Å²) >= 11 is 5.90. The molecule has 6 nitrogen and oxygen atoms in total. The van der Waals surface area contributed by atoms with E-state index in [9.17, 15) is 14.7 Å². The Morgan fingerprint density at radius 1 is 1.00 bits per heavy atom. The van der Waals surface area contributed by atoms with E-state index in [1.54, 1.807) is 72.8 Å². The minimum Gasteiger partial charge on any atom is -0.507 e. The van der Waals surface area contributed by atoms with Gasteiger partial charge in [0.2, 0.25) is 0 Å². The zero-order chi connectivity index (χ0) is 22.2. The summed E-state index contributed by atoms with van der Waals surface area (Å²) in [5.74, 6) is -0.631. The summed E-state index contributed by atoms with van der Waals surface area (Å²) in [6.07, 6.45) is 3.60. The molecule has 0 aromatic heterocycles. The van der Waals surface area contributed by atoms with Gasteiger partial charge in [0.1, 0.15) is 5.75 Å². The highest BCUT2D eigenvalue weighted by Gasteiger charge is 2.09. The number of phenols is 1. The maximum Gasteiger partial charge on any atom is 0.271 e. The van der Waals surface area contributed by atoms with Crippen LogP contribution in [0.2, 0.25) is 5.02 Å². The number of allylic oxidation sites excluding steroid dienone is 1. The number of hydrogen-bond donors (Lipinski definition) is 3. The predicted octanol–water partition coefficient (Wildman–Crippen LogP) is 4.79. The van der Waals surface area contributed by atoms with Gasteiger partial charge in [-0.15, -0.1) is 6.58 Å². The normalized spacial score (nSPS) is 10.6. The van der Waals surface area contributed by atoms with Crippen molar-refractivity contribution in [2.45, 2.75) is 6.42 Å². The highest BCUT2D eigenvalue weighted by molar-refractivity contribution is 6.31. The standard InChI is InChI=1S/C24H20ClN3O3/c1-2-5-16-6-3-8-19(22(16)29)15-26-28-24(31)17-10-12-21(13-11-17)27-23(30)18-7-4-9-20(25)14-18/h2-4,6-15,29H,1,5H2,(H,27,30)(H,28,31). The third kappa shape index (κ3) is 5.81. The first-order chi connectivity index (χ1) is 15.0. The van der Waals surface area contributed by atoms with Crippen LogP contribution >= 0.6 is 11.6 Å². The molecule has 0 atom stereocenters. The third-order valence-electron chi connectivity index (χ3n) is 4.38. The number of rotatable bonds is 7. The molecule has 0 saturated carbocycles. The molecule has 7 heteroatoms. The molecule has 0 fully saturated rings. The van der Waals surface area contributed by atoms with Crippen LogP contribution in [0.5, 0.6) is 5.75 Å². The summed E-state index contributed by atoms with van der Waals surface area (Å²) in [7, 11) is 0. The molecule has 0 aliphatic heterocycles. The van der Waals surface area contributed by atoms with Crippen molar-refractivity contribution in [2.75, 3.05) is 5.32 Å². The summed E-state index contributed by atoms with van der Waals surface area (Å²) in [6, 6.07) is 18.3. The lowest BCUT2D eigenvalue weighted by atomic mass is 10.1. The predicted molar refractivity (Wildman–Crippen MR) is 123 cm³/mol. The van der Waals surface area contributed by atoms with E-state index in [4.69, 9.17) is 11.6 Å². The molecule has 3 rings (SSSR count). The average molecular weight is 434 g/mol. The molecular formula is C24H20ClN3O3. The van der Waals surface area contributed by atoms with Crippen molar-refractivity contribution in [3.63, 3.8) is 0 Å². The summed E-state index contributed by atoms with van der Waals surface area (Å²) in [4.78, 5) is 24.5. The number of nitrogens with zero attached hydrogens (tertiary/aromatic N) is 1. The average Bonchev–Trinajstić information content (AvgIpc) is 2.77. The fourth-order valence-electron chi connectivity index (χ4n) is 2.80. The van der Waals surface area contributed by atoms with Crippen LogP contribution in [-0.2, 0) is 6.42 Å². The number of hydrogen-bond acceptors (Lipinski definition) is 4. The van der Waals surface area contributed by atoms with Crippen LogP contribution in [-0.4, -0.2) is 23.1 Å². The van der Waals surface area contributed by atoms with Gasteiger partial charge in [0, 0.05) is 27.4 Å². The zero-order valence-corrected chi connectivity index (χ0v) is 17.3. The number of nitrogens with one attached hydrogen (secondary N) is 2. The number of halogens is 1. The summed E-state index contributed by atoms with van der Waals surface area (Å²) < 4.78 is 0. The first-order valence-electron chi connectivity index (χ1n) is 9.40. The lowest BCUT2D eigenvalue weighted by Crippen LogP contribution is -2.18. The van der Waals surface area contributed by atoms with Gasteiger partial charge in [-0.2, -0.15) is 5.10 Å². The highest BCUT2D eigenvalue weighted by atomic mass is 35.5. The number of phenolic OH excluding ortho intramolecular Hbond substituents is 1. The van der Waals surface area contributed by atoms with Gasteiger partial charge in [-0.3, -0.25) is 9.59 Å². The first-order valence-corrected chi connectivity index (χ1v) is 9.78. The summed E-state index contributed by atoms with van der Waals surface area (Å²) in [5.41, 5.74) is 4.96. The van der Waals surface area contributed by atoms with E-state index >= 15 is 0 Å². The molecule has 0 aliphatic rings. The van der Waals surface area contributed by atoms with Crippen molar-refractivity contribution in [1.82, 2.24) is 5.43 Å². The molecule has 3 aromatic rings. The largest absolute Gasteiger partial charge is 0.507 e. The SMILES string of the molecule is C=CCc1cccc(C=NNC(=O)c2ccc(NC(=O)c3cccc(Cl)c3)cc2)c1O.